The monoisotopic (exact) mass is 500 g/mol. The van der Waals surface area contributed by atoms with Crippen molar-refractivity contribution in [2.75, 3.05) is 31.0 Å². The van der Waals surface area contributed by atoms with Gasteiger partial charge in [0.25, 0.3) is 5.91 Å². The highest BCUT2D eigenvalue weighted by Gasteiger charge is 2.47. The van der Waals surface area contributed by atoms with Crippen LogP contribution in [0.1, 0.15) is 18.9 Å². The largest absolute Gasteiger partial charge is 0.354 e. The fraction of sp³-hybridized carbons (Fsp3) is 0.304. The van der Waals surface area contributed by atoms with E-state index >= 15 is 0 Å². The number of sulfonamides is 1. The molecular weight excluding hydrogens is 476 g/mol. The fourth-order valence-corrected chi connectivity index (χ4v) is 5.20. The molecule has 11 nitrogen and oxygen atoms in total. The zero-order chi connectivity index (χ0) is 25.8. The van der Waals surface area contributed by atoms with E-state index in [1.807, 2.05) is 6.07 Å². The van der Waals surface area contributed by atoms with E-state index in [1.165, 1.54) is 69.7 Å². The summed E-state index contributed by atoms with van der Waals surface area (Å²) in [6, 6.07) is 11.8. The predicted molar refractivity (Wildman–Crippen MR) is 124 cm³/mol. The molecule has 1 atom stereocenters. The molecule has 1 aliphatic rings. The van der Waals surface area contributed by atoms with Crippen molar-refractivity contribution in [3.05, 3.63) is 54.1 Å². The van der Waals surface area contributed by atoms with E-state index in [0.717, 1.165) is 9.21 Å². The van der Waals surface area contributed by atoms with Crippen molar-refractivity contribution >= 4 is 39.1 Å². The Bertz CT molecular complexity index is 1250. The van der Waals surface area contributed by atoms with Gasteiger partial charge in [0.1, 0.15) is 6.04 Å². The molecule has 12 heteroatoms. The number of hydrogen-bond donors (Lipinski definition) is 1. The number of benzene rings is 2. The third-order valence-corrected chi connectivity index (χ3v) is 7.25. The lowest BCUT2D eigenvalue weighted by Crippen LogP contribution is -2.49. The number of ether oxygens (including phenoxy) is 2. The first-order chi connectivity index (χ1) is 16.6. The van der Waals surface area contributed by atoms with Crippen LogP contribution < -0.4 is 10.2 Å². The van der Waals surface area contributed by atoms with Crippen LogP contribution in [0, 0.1) is 11.3 Å². The van der Waals surface area contributed by atoms with Gasteiger partial charge in [-0.15, -0.1) is 0 Å². The van der Waals surface area contributed by atoms with Crippen LogP contribution in [0.5, 0.6) is 0 Å². The van der Waals surface area contributed by atoms with E-state index in [-0.39, 0.29) is 29.5 Å². The van der Waals surface area contributed by atoms with Gasteiger partial charge in [0.05, 0.1) is 35.2 Å². The molecule has 0 saturated carbocycles. The first-order valence-electron chi connectivity index (χ1n) is 10.4. The van der Waals surface area contributed by atoms with Crippen molar-refractivity contribution in [3.8, 4) is 6.07 Å². The number of hydrogen-bond acceptors (Lipinski definition) is 8. The molecule has 35 heavy (non-hydrogen) atoms. The lowest BCUT2D eigenvalue weighted by atomic mass is 10.2. The second-order valence-electron chi connectivity index (χ2n) is 7.63. The van der Waals surface area contributed by atoms with Crippen LogP contribution in [-0.2, 0) is 33.9 Å². The van der Waals surface area contributed by atoms with Gasteiger partial charge in [-0.05, 0) is 48.5 Å². The van der Waals surface area contributed by atoms with E-state index in [1.54, 1.807) is 0 Å². The van der Waals surface area contributed by atoms with Gasteiger partial charge in [0.2, 0.25) is 21.8 Å². The number of nitriles is 1. The highest BCUT2D eigenvalue weighted by molar-refractivity contribution is 7.89. The van der Waals surface area contributed by atoms with Crippen LogP contribution >= 0.6 is 0 Å². The Morgan fingerprint density at radius 3 is 2.26 bits per heavy atom. The minimum Gasteiger partial charge on any atom is -0.354 e. The zero-order valence-electron chi connectivity index (χ0n) is 19.3. The van der Waals surface area contributed by atoms with Gasteiger partial charge in [0.15, 0.2) is 6.29 Å². The molecular formula is C23H24N4O7S. The molecule has 0 aliphatic carbocycles. The summed E-state index contributed by atoms with van der Waals surface area (Å²) in [6.45, 7) is 0.970. The number of carbonyl (C=O) groups excluding carboxylic acids is 3. The number of imide groups is 1. The number of methoxy groups -OCH3 is 2. The fourth-order valence-electron chi connectivity index (χ4n) is 3.63. The van der Waals surface area contributed by atoms with Gasteiger partial charge in [0, 0.05) is 26.8 Å². The average molecular weight is 501 g/mol. The van der Waals surface area contributed by atoms with Crippen LogP contribution in [-0.4, -0.2) is 63.5 Å². The van der Waals surface area contributed by atoms with Crippen LogP contribution in [0.3, 0.4) is 0 Å². The Kier molecular flexibility index (Phi) is 7.98. The smallest absolute Gasteiger partial charge is 0.252 e. The third-order valence-electron chi connectivity index (χ3n) is 5.36. The lowest BCUT2D eigenvalue weighted by Gasteiger charge is -2.29. The molecule has 184 valence electrons. The van der Waals surface area contributed by atoms with Crippen LogP contribution in [0.15, 0.2) is 53.4 Å². The van der Waals surface area contributed by atoms with Crippen LogP contribution in [0.25, 0.3) is 0 Å². The predicted octanol–water partition coefficient (Wildman–Crippen LogP) is 1.46. The Morgan fingerprint density at radius 1 is 1.14 bits per heavy atom. The molecule has 0 aromatic heterocycles. The summed E-state index contributed by atoms with van der Waals surface area (Å²) in [5.41, 5.74) is 0.974. The molecule has 1 saturated heterocycles. The lowest BCUT2D eigenvalue weighted by molar-refractivity contribution is -0.126. The maximum absolute atomic E-state index is 13.6. The van der Waals surface area contributed by atoms with Gasteiger partial charge >= 0.3 is 0 Å². The second-order valence-corrected chi connectivity index (χ2v) is 9.52. The van der Waals surface area contributed by atoms with Crippen molar-refractivity contribution in [1.82, 2.24) is 4.31 Å². The number of rotatable bonds is 9. The molecule has 1 unspecified atom stereocenters. The van der Waals surface area contributed by atoms with Crippen molar-refractivity contribution in [1.29, 1.82) is 5.26 Å². The summed E-state index contributed by atoms with van der Waals surface area (Å²) in [4.78, 5) is 38.2. The highest BCUT2D eigenvalue weighted by atomic mass is 32.2. The number of nitrogens with zero attached hydrogens (tertiary/aromatic N) is 3. The topological polar surface area (TPSA) is 146 Å². The Morgan fingerprint density at radius 2 is 1.74 bits per heavy atom. The second kappa shape index (κ2) is 10.7. The molecule has 0 radical (unpaired) electrons. The summed E-state index contributed by atoms with van der Waals surface area (Å²) >= 11 is 0. The first kappa shape index (κ1) is 26.0. The van der Waals surface area contributed by atoms with Crippen molar-refractivity contribution in [2.45, 2.75) is 30.6 Å². The molecule has 3 amide bonds. The summed E-state index contributed by atoms with van der Waals surface area (Å²) in [7, 11) is -1.65. The van der Waals surface area contributed by atoms with E-state index in [4.69, 9.17) is 14.7 Å². The minimum atomic E-state index is -4.30. The van der Waals surface area contributed by atoms with Crippen molar-refractivity contribution in [2.24, 2.45) is 0 Å². The molecule has 2 aromatic rings. The van der Waals surface area contributed by atoms with Gasteiger partial charge in [-0.3, -0.25) is 14.4 Å². The summed E-state index contributed by atoms with van der Waals surface area (Å²) in [5.74, 6) is -1.63. The summed E-state index contributed by atoms with van der Waals surface area (Å²) in [5, 5.41) is 11.5. The minimum absolute atomic E-state index is 0.144. The molecule has 0 bridgehead atoms. The van der Waals surface area contributed by atoms with Crippen molar-refractivity contribution in [3.63, 3.8) is 0 Å². The van der Waals surface area contributed by atoms with Gasteiger partial charge in [-0.2, -0.15) is 9.57 Å². The first-order valence-corrected chi connectivity index (χ1v) is 11.9. The van der Waals surface area contributed by atoms with Crippen LogP contribution in [0.2, 0.25) is 0 Å². The molecule has 1 N–H and O–H groups in total. The van der Waals surface area contributed by atoms with Crippen LogP contribution in [0.4, 0.5) is 11.4 Å². The van der Waals surface area contributed by atoms with Gasteiger partial charge in [-0.1, -0.05) is 0 Å². The standard InChI is InChI=1S/C23H24N4O7S/c1-15(28)25-17-6-10-19(11-7-17)35(31,32)26(14-22(33-2)34-3)20-12-21(29)27(23(20)30)18-8-4-16(13-24)5-9-18/h4-11,20,22H,12,14H2,1-3H3,(H,25,28). The van der Waals surface area contributed by atoms with Crippen molar-refractivity contribution < 1.29 is 32.3 Å². The molecule has 1 fully saturated rings. The quantitative estimate of drug-likeness (QED) is 0.402. The number of nitrogens with one attached hydrogen (secondary N) is 1. The summed E-state index contributed by atoms with van der Waals surface area (Å²) < 4.78 is 38.4. The normalized spacial score (nSPS) is 16.1. The highest BCUT2D eigenvalue weighted by Crippen LogP contribution is 2.30. The summed E-state index contributed by atoms with van der Waals surface area (Å²) in [6.07, 6.45) is -1.39. The number of carbonyl (C=O) groups is 3. The Balaban J connectivity index is 1.98. The average Bonchev–Trinajstić information content (AvgIpc) is 3.13. The van der Waals surface area contributed by atoms with E-state index < -0.39 is 34.2 Å². The zero-order valence-corrected chi connectivity index (χ0v) is 20.1. The number of anilines is 2. The van der Waals surface area contributed by atoms with Gasteiger partial charge < -0.3 is 14.8 Å². The Labute approximate surface area is 202 Å². The molecule has 2 aromatic carbocycles. The third kappa shape index (κ3) is 5.55. The van der Waals surface area contributed by atoms with E-state index in [0.29, 0.717) is 11.3 Å². The molecule has 0 spiro atoms. The molecule has 3 rings (SSSR count). The van der Waals surface area contributed by atoms with E-state index in [2.05, 4.69) is 5.32 Å². The van der Waals surface area contributed by atoms with Gasteiger partial charge in [-0.25, -0.2) is 13.3 Å². The molecule has 1 aliphatic heterocycles. The maximum atomic E-state index is 13.6. The maximum Gasteiger partial charge on any atom is 0.252 e. The van der Waals surface area contributed by atoms with E-state index in [9.17, 15) is 22.8 Å². The SMILES string of the molecule is COC(CN(C1CC(=O)N(c2ccc(C#N)cc2)C1=O)S(=O)(=O)c1ccc(NC(C)=O)cc1)OC. The Hall–Kier alpha value is -3.63. The number of amides is 3. The molecule has 1 heterocycles.